The van der Waals surface area contributed by atoms with Crippen LogP contribution in [-0.4, -0.2) is 17.9 Å². The number of hydrogen-bond acceptors (Lipinski definition) is 8. The molecule has 1 atom stereocenters. The zero-order chi connectivity index (χ0) is 14.5. The van der Waals surface area contributed by atoms with Gasteiger partial charge in [-0.2, -0.15) is 0 Å². The highest BCUT2D eigenvalue weighted by molar-refractivity contribution is 7.98. The maximum Gasteiger partial charge on any atom is 0.294 e. The van der Waals surface area contributed by atoms with E-state index >= 15 is 0 Å². The third kappa shape index (κ3) is 4.06. The molecule has 1 heterocycles. The van der Waals surface area contributed by atoms with E-state index in [-0.39, 0.29) is 12.8 Å². The Bertz CT molecular complexity index is 506. The van der Waals surface area contributed by atoms with Gasteiger partial charge in [0.05, 0.1) is 23.5 Å². The molecule has 1 aromatic rings. The van der Waals surface area contributed by atoms with Crippen LogP contribution in [0.15, 0.2) is 21.9 Å². The number of nitrogens with two attached hydrogens (primary N) is 1. The van der Waals surface area contributed by atoms with Crippen molar-refractivity contribution in [3.63, 3.8) is 0 Å². The molecule has 1 aliphatic rings. The zero-order valence-corrected chi connectivity index (χ0v) is 12.7. The average molecular weight is 337 g/mol. The van der Waals surface area contributed by atoms with E-state index in [2.05, 4.69) is 14.9 Å². The number of benzene rings is 1. The van der Waals surface area contributed by atoms with Crippen molar-refractivity contribution >= 4 is 41.2 Å². The van der Waals surface area contributed by atoms with E-state index in [1.807, 2.05) is 12.1 Å². The van der Waals surface area contributed by atoms with Crippen molar-refractivity contribution < 1.29 is 9.92 Å². The summed E-state index contributed by atoms with van der Waals surface area (Å²) in [5.41, 5.74) is 0.928. The highest BCUT2D eigenvalue weighted by Gasteiger charge is 2.19. The summed E-state index contributed by atoms with van der Waals surface area (Å²) in [6.45, 7) is 0.0912. The van der Waals surface area contributed by atoms with Crippen LogP contribution in [0.5, 0.6) is 0 Å². The first-order chi connectivity index (χ1) is 9.60. The van der Waals surface area contributed by atoms with Gasteiger partial charge in [0.1, 0.15) is 0 Å². The van der Waals surface area contributed by atoms with Crippen molar-refractivity contribution in [2.24, 2.45) is 5.14 Å². The minimum absolute atomic E-state index is 0.00954. The lowest BCUT2D eigenvalue weighted by Gasteiger charge is -2.28. The predicted octanol–water partition coefficient (Wildman–Crippen LogP) is 2.64. The van der Waals surface area contributed by atoms with E-state index < -0.39 is 5.09 Å². The van der Waals surface area contributed by atoms with Gasteiger partial charge in [-0.05, 0) is 48.9 Å². The third-order valence-corrected chi connectivity index (χ3v) is 4.61. The lowest BCUT2D eigenvalue weighted by molar-refractivity contribution is -0.757. The number of nitrogens with zero attached hydrogens (tertiary/aromatic N) is 1. The second-order valence-electron chi connectivity index (χ2n) is 4.01. The van der Waals surface area contributed by atoms with Crippen molar-refractivity contribution in [3.8, 4) is 0 Å². The largest absolute Gasteiger partial charge is 0.368 e. The molecule has 1 aliphatic heterocycles. The van der Waals surface area contributed by atoms with Crippen molar-refractivity contribution in [1.82, 2.24) is 4.72 Å². The number of anilines is 1. The molecule has 10 heteroatoms. The van der Waals surface area contributed by atoms with E-state index in [4.69, 9.17) is 16.7 Å². The Morgan fingerprint density at radius 1 is 1.60 bits per heavy atom. The predicted molar refractivity (Wildman–Crippen MR) is 80.1 cm³/mol. The minimum atomic E-state index is -0.780. The quantitative estimate of drug-likeness (QED) is 0.315. The minimum Gasteiger partial charge on any atom is -0.368 e. The molecule has 110 valence electrons. The molecule has 1 aromatic carbocycles. The highest BCUT2D eigenvalue weighted by atomic mass is 35.5. The summed E-state index contributed by atoms with van der Waals surface area (Å²) in [5, 5.41) is 18.7. The zero-order valence-electron chi connectivity index (χ0n) is 10.3. The van der Waals surface area contributed by atoms with E-state index in [1.54, 1.807) is 0 Å². The molecular weight excluding hydrogens is 324 g/mol. The van der Waals surface area contributed by atoms with Crippen LogP contribution in [0.1, 0.15) is 12.8 Å². The summed E-state index contributed by atoms with van der Waals surface area (Å²) in [6, 6.07) is 3.75. The molecule has 0 amide bonds. The number of nitrogens with one attached hydrogen (secondary N) is 2. The molecule has 0 radical (unpaired) electrons. The van der Waals surface area contributed by atoms with E-state index in [0.29, 0.717) is 17.9 Å². The lowest BCUT2D eigenvalue weighted by Crippen LogP contribution is -2.35. The molecule has 0 aromatic heterocycles. The van der Waals surface area contributed by atoms with Gasteiger partial charge in [0.25, 0.3) is 5.09 Å². The first kappa shape index (κ1) is 15.5. The summed E-state index contributed by atoms with van der Waals surface area (Å²) in [6.07, 6.45) is 1.28. The Kier molecular flexibility index (Phi) is 5.61. The van der Waals surface area contributed by atoms with Crippen LogP contribution in [0.25, 0.3) is 0 Å². The summed E-state index contributed by atoms with van der Waals surface area (Å²) in [7, 11) is 0. The van der Waals surface area contributed by atoms with Crippen LogP contribution >= 0.6 is 35.5 Å². The first-order valence-corrected chi connectivity index (χ1v) is 7.84. The fourth-order valence-corrected chi connectivity index (χ4v) is 3.31. The number of rotatable bonds is 6. The van der Waals surface area contributed by atoms with Crippen molar-refractivity contribution in [2.75, 3.05) is 11.9 Å². The van der Waals surface area contributed by atoms with Crippen LogP contribution in [0.4, 0.5) is 5.69 Å². The molecule has 4 N–H and O–H groups in total. The van der Waals surface area contributed by atoms with E-state index in [0.717, 1.165) is 27.4 Å². The van der Waals surface area contributed by atoms with Crippen LogP contribution in [0, 0.1) is 10.1 Å². The fourth-order valence-electron chi connectivity index (χ4n) is 1.73. The van der Waals surface area contributed by atoms with Gasteiger partial charge in [-0.25, -0.2) is 4.72 Å². The van der Waals surface area contributed by atoms with Gasteiger partial charge >= 0.3 is 0 Å². The summed E-state index contributed by atoms with van der Waals surface area (Å²) in [4.78, 5) is 16.1. The number of hydrogen-bond donors (Lipinski definition) is 3. The summed E-state index contributed by atoms with van der Waals surface area (Å²) >= 11 is 8.70. The SMILES string of the molecule is NSc1cc2c(cc1Cl)NC(CCCO[N+](=O)[O-])NS2. The van der Waals surface area contributed by atoms with Crippen molar-refractivity contribution in [3.05, 3.63) is 27.3 Å². The second-order valence-corrected chi connectivity index (χ2v) is 5.97. The Labute approximate surface area is 129 Å². The van der Waals surface area contributed by atoms with Gasteiger partial charge in [0, 0.05) is 9.79 Å². The van der Waals surface area contributed by atoms with Crippen molar-refractivity contribution in [2.45, 2.75) is 28.8 Å². The molecule has 0 saturated heterocycles. The maximum atomic E-state index is 10.0. The molecule has 20 heavy (non-hydrogen) atoms. The lowest BCUT2D eigenvalue weighted by atomic mass is 10.2. The maximum absolute atomic E-state index is 10.0. The van der Waals surface area contributed by atoms with Gasteiger partial charge < -0.3 is 10.2 Å². The summed E-state index contributed by atoms with van der Waals surface area (Å²) in [5.74, 6) is 0. The number of halogens is 1. The first-order valence-electron chi connectivity index (χ1n) is 5.76. The normalized spacial score (nSPS) is 17.2. The Balaban J connectivity index is 1.90. The number of fused-ring (bicyclic) bond motifs is 1. The second kappa shape index (κ2) is 7.23. The van der Waals surface area contributed by atoms with Crippen LogP contribution in [0.3, 0.4) is 0 Å². The van der Waals surface area contributed by atoms with Crippen LogP contribution in [0.2, 0.25) is 5.02 Å². The van der Waals surface area contributed by atoms with E-state index in [1.165, 1.54) is 11.9 Å². The summed E-state index contributed by atoms with van der Waals surface area (Å²) < 4.78 is 3.22. The molecule has 1 unspecified atom stereocenters. The van der Waals surface area contributed by atoms with Crippen molar-refractivity contribution in [1.29, 1.82) is 0 Å². The Morgan fingerprint density at radius 2 is 2.40 bits per heavy atom. The molecule has 0 fully saturated rings. The molecular formula is C10H13ClN4O3S2. The average Bonchev–Trinajstić information content (AvgIpc) is 2.42. The van der Waals surface area contributed by atoms with Gasteiger partial charge in [0.15, 0.2) is 0 Å². The smallest absolute Gasteiger partial charge is 0.294 e. The topological polar surface area (TPSA) is 102 Å². The van der Waals surface area contributed by atoms with Crippen LogP contribution < -0.4 is 15.2 Å². The highest BCUT2D eigenvalue weighted by Crippen LogP contribution is 2.37. The third-order valence-electron chi connectivity index (χ3n) is 2.64. The monoisotopic (exact) mass is 336 g/mol. The van der Waals surface area contributed by atoms with E-state index in [9.17, 15) is 10.1 Å². The molecule has 0 saturated carbocycles. The standard InChI is InChI=1S/C10H13ClN4O3S2/c11-6-4-7-9(5-8(6)19-12)20-14-10(13-7)2-1-3-18-15(16)17/h4-5,10,13-14H,1-3,12H2. The van der Waals surface area contributed by atoms with Gasteiger partial charge in [-0.1, -0.05) is 11.6 Å². The molecule has 0 spiro atoms. The van der Waals surface area contributed by atoms with Gasteiger partial charge in [-0.15, -0.1) is 10.1 Å². The Morgan fingerprint density at radius 3 is 3.10 bits per heavy atom. The Hall–Kier alpha value is -0.870. The molecule has 0 bridgehead atoms. The molecule has 2 rings (SSSR count). The van der Waals surface area contributed by atoms with Crippen LogP contribution in [-0.2, 0) is 4.84 Å². The van der Waals surface area contributed by atoms with Gasteiger partial charge in [-0.3, -0.25) is 5.14 Å². The molecule has 0 aliphatic carbocycles. The molecule has 7 nitrogen and oxygen atoms in total. The fraction of sp³-hybridized carbons (Fsp3) is 0.400. The van der Waals surface area contributed by atoms with Gasteiger partial charge in [0.2, 0.25) is 0 Å².